The van der Waals surface area contributed by atoms with Gasteiger partial charge in [0, 0.05) is 17.3 Å². The van der Waals surface area contributed by atoms with Crippen molar-refractivity contribution in [3.63, 3.8) is 0 Å². The van der Waals surface area contributed by atoms with Crippen molar-refractivity contribution in [3.8, 4) is 0 Å². The van der Waals surface area contributed by atoms with Gasteiger partial charge in [-0.25, -0.2) is 4.98 Å². The van der Waals surface area contributed by atoms with E-state index in [1.165, 1.54) is 11.8 Å². The first kappa shape index (κ1) is 12.4. The molecule has 1 heterocycles. The lowest BCUT2D eigenvalue weighted by molar-refractivity contribution is 0.199. The van der Waals surface area contributed by atoms with Gasteiger partial charge in [0.15, 0.2) is 0 Å². The summed E-state index contributed by atoms with van der Waals surface area (Å²) >= 11 is 7.59. The van der Waals surface area contributed by atoms with Crippen LogP contribution in [0.15, 0.2) is 46.7 Å². The fourth-order valence-electron chi connectivity index (χ4n) is 1.31. The van der Waals surface area contributed by atoms with Crippen molar-refractivity contribution in [2.24, 2.45) is 0 Å². The number of aliphatic hydroxyl groups excluding tert-OH is 1. The van der Waals surface area contributed by atoms with Gasteiger partial charge in [0.1, 0.15) is 5.03 Å². The normalized spacial score (nSPS) is 12.4. The lowest BCUT2D eigenvalue weighted by Crippen LogP contribution is -1.91. The second-order valence-electron chi connectivity index (χ2n) is 3.51. The number of aromatic nitrogens is 2. The van der Waals surface area contributed by atoms with E-state index in [1.807, 2.05) is 12.1 Å². The molecule has 0 fully saturated rings. The maximum absolute atomic E-state index is 9.44. The Balaban J connectivity index is 2.23. The predicted octanol–water partition coefficient (Wildman–Crippen LogP) is 3.33. The SMILES string of the molecule is C[C@@H](O)c1ccc(Sc2cnccn2)c(Cl)c1. The van der Waals surface area contributed by atoms with E-state index >= 15 is 0 Å². The van der Waals surface area contributed by atoms with Gasteiger partial charge in [-0.05, 0) is 24.6 Å². The zero-order valence-corrected chi connectivity index (χ0v) is 10.7. The molecule has 5 heteroatoms. The number of nitrogens with zero attached hydrogens (tertiary/aromatic N) is 2. The zero-order valence-electron chi connectivity index (χ0n) is 9.17. The van der Waals surface area contributed by atoms with Crippen molar-refractivity contribution in [1.29, 1.82) is 0 Å². The molecule has 3 nitrogen and oxygen atoms in total. The van der Waals surface area contributed by atoms with Crippen LogP contribution in [0.1, 0.15) is 18.6 Å². The maximum Gasteiger partial charge on any atom is 0.119 e. The largest absolute Gasteiger partial charge is 0.389 e. The summed E-state index contributed by atoms with van der Waals surface area (Å²) in [6.45, 7) is 1.71. The second-order valence-corrected chi connectivity index (χ2v) is 4.98. The average molecular weight is 267 g/mol. The Kier molecular flexibility index (Phi) is 3.99. The molecule has 0 saturated heterocycles. The third kappa shape index (κ3) is 3.19. The fraction of sp³-hybridized carbons (Fsp3) is 0.167. The first-order chi connectivity index (χ1) is 8.16. The van der Waals surface area contributed by atoms with Crippen molar-refractivity contribution in [2.45, 2.75) is 22.9 Å². The molecule has 0 spiro atoms. The minimum Gasteiger partial charge on any atom is -0.389 e. The molecule has 2 rings (SSSR count). The minimum atomic E-state index is -0.511. The van der Waals surface area contributed by atoms with Crippen LogP contribution in [-0.2, 0) is 0 Å². The third-order valence-electron chi connectivity index (χ3n) is 2.19. The van der Waals surface area contributed by atoms with Crippen molar-refractivity contribution in [1.82, 2.24) is 9.97 Å². The van der Waals surface area contributed by atoms with E-state index in [2.05, 4.69) is 9.97 Å². The van der Waals surface area contributed by atoms with Crippen LogP contribution in [0.3, 0.4) is 0 Å². The van der Waals surface area contributed by atoms with Crippen LogP contribution < -0.4 is 0 Å². The van der Waals surface area contributed by atoms with E-state index in [9.17, 15) is 5.11 Å². The molecule has 0 saturated carbocycles. The van der Waals surface area contributed by atoms with E-state index in [0.717, 1.165) is 15.5 Å². The molecule has 0 aliphatic carbocycles. The minimum absolute atomic E-state index is 0.511. The Labute approximate surface area is 109 Å². The number of hydrogen-bond acceptors (Lipinski definition) is 4. The van der Waals surface area contributed by atoms with E-state index in [0.29, 0.717) is 5.02 Å². The molecule has 2 aromatic rings. The molecule has 0 bridgehead atoms. The van der Waals surface area contributed by atoms with Crippen molar-refractivity contribution >= 4 is 23.4 Å². The molecular weight excluding hydrogens is 256 g/mol. The Bertz CT molecular complexity index is 505. The Hall–Kier alpha value is -1.10. The molecule has 0 amide bonds. The van der Waals surface area contributed by atoms with Crippen molar-refractivity contribution in [2.75, 3.05) is 0 Å². The number of rotatable bonds is 3. The predicted molar refractivity (Wildman–Crippen MR) is 68.2 cm³/mol. The summed E-state index contributed by atoms with van der Waals surface area (Å²) in [6, 6.07) is 5.50. The van der Waals surface area contributed by atoms with Gasteiger partial charge in [0.05, 0.1) is 17.3 Å². The average Bonchev–Trinajstić information content (AvgIpc) is 2.33. The second kappa shape index (κ2) is 5.49. The van der Waals surface area contributed by atoms with E-state index in [4.69, 9.17) is 11.6 Å². The monoisotopic (exact) mass is 266 g/mol. The number of aliphatic hydroxyl groups is 1. The first-order valence-electron chi connectivity index (χ1n) is 5.08. The highest BCUT2D eigenvalue weighted by atomic mass is 35.5. The van der Waals surface area contributed by atoms with Crippen molar-refractivity contribution < 1.29 is 5.11 Å². The molecule has 17 heavy (non-hydrogen) atoms. The molecule has 1 aromatic carbocycles. The summed E-state index contributed by atoms with van der Waals surface area (Å²) in [7, 11) is 0. The molecular formula is C12H11ClN2OS. The van der Waals surface area contributed by atoms with Crippen molar-refractivity contribution in [3.05, 3.63) is 47.4 Å². The molecule has 0 radical (unpaired) electrons. The molecule has 1 N–H and O–H groups in total. The van der Waals surface area contributed by atoms with Crippen LogP contribution in [0.25, 0.3) is 0 Å². The summed E-state index contributed by atoms with van der Waals surface area (Å²) in [6.07, 6.45) is 4.44. The van der Waals surface area contributed by atoms with Gasteiger partial charge >= 0.3 is 0 Å². The molecule has 0 aliphatic heterocycles. The zero-order chi connectivity index (χ0) is 12.3. The van der Waals surface area contributed by atoms with Gasteiger partial charge in [0.2, 0.25) is 0 Å². The van der Waals surface area contributed by atoms with Crippen LogP contribution in [0.4, 0.5) is 0 Å². The maximum atomic E-state index is 9.44. The van der Waals surface area contributed by atoms with Crippen LogP contribution in [-0.4, -0.2) is 15.1 Å². The number of hydrogen-bond donors (Lipinski definition) is 1. The summed E-state index contributed by atoms with van der Waals surface area (Å²) < 4.78 is 0. The van der Waals surface area contributed by atoms with Crippen LogP contribution in [0.2, 0.25) is 5.02 Å². The standard InChI is InChI=1S/C12H11ClN2OS/c1-8(16)9-2-3-11(10(13)6-9)17-12-7-14-4-5-15-12/h2-8,16H,1H3/t8-/m1/s1. The van der Waals surface area contributed by atoms with Gasteiger partial charge < -0.3 is 5.11 Å². The Morgan fingerprint density at radius 1 is 1.35 bits per heavy atom. The number of halogens is 1. The summed E-state index contributed by atoms with van der Waals surface area (Å²) in [5.74, 6) is 0. The lowest BCUT2D eigenvalue weighted by atomic mass is 10.1. The number of benzene rings is 1. The summed E-state index contributed by atoms with van der Waals surface area (Å²) in [5.41, 5.74) is 0.804. The van der Waals surface area contributed by atoms with Crippen LogP contribution in [0, 0.1) is 0 Å². The van der Waals surface area contributed by atoms with Crippen LogP contribution in [0.5, 0.6) is 0 Å². The summed E-state index contributed by atoms with van der Waals surface area (Å²) in [5, 5.41) is 10.8. The smallest absolute Gasteiger partial charge is 0.119 e. The fourth-order valence-corrected chi connectivity index (χ4v) is 2.36. The van der Waals surface area contributed by atoms with Gasteiger partial charge in [-0.1, -0.05) is 29.4 Å². The van der Waals surface area contributed by atoms with Gasteiger partial charge in [-0.2, -0.15) is 0 Å². The molecule has 0 aliphatic rings. The Morgan fingerprint density at radius 2 is 2.18 bits per heavy atom. The highest BCUT2D eigenvalue weighted by Gasteiger charge is 2.07. The topological polar surface area (TPSA) is 46.0 Å². The highest BCUT2D eigenvalue weighted by molar-refractivity contribution is 7.99. The van der Waals surface area contributed by atoms with E-state index in [1.54, 1.807) is 31.6 Å². The molecule has 0 unspecified atom stereocenters. The van der Waals surface area contributed by atoms with Crippen LogP contribution >= 0.6 is 23.4 Å². The van der Waals surface area contributed by atoms with E-state index in [-0.39, 0.29) is 0 Å². The molecule has 1 aromatic heterocycles. The van der Waals surface area contributed by atoms with E-state index < -0.39 is 6.10 Å². The molecule has 88 valence electrons. The van der Waals surface area contributed by atoms with Gasteiger partial charge in [-0.3, -0.25) is 4.98 Å². The Morgan fingerprint density at radius 3 is 2.76 bits per heavy atom. The quantitative estimate of drug-likeness (QED) is 0.926. The lowest BCUT2D eigenvalue weighted by Gasteiger charge is -2.08. The third-order valence-corrected chi connectivity index (χ3v) is 3.61. The summed E-state index contributed by atoms with van der Waals surface area (Å²) in [4.78, 5) is 9.05. The van der Waals surface area contributed by atoms with Gasteiger partial charge in [-0.15, -0.1) is 0 Å². The molecule has 1 atom stereocenters. The van der Waals surface area contributed by atoms with Gasteiger partial charge in [0.25, 0.3) is 0 Å². The first-order valence-corrected chi connectivity index (χ1v) is 6.27. The highest BCUT2D eigenvalue weighted by Crippen LogP contribution is 2.33.